The molecule has 0 saturated carbocycles. The first-order valence-electron chi connectivity index (χ1n) is 6.66. The number of carbonyl (C=O) groups is 1. The van der Waals surface area contributed by atoms with E-state index in [1.807, 2.05) is 24.3 Å². The molecule has 1 heterocycles. The Hall–Kier alpha value is -1.35. The number of likely N-dealkylation sites (tertiary alicyclic amines) is 1. The zero-order chi connectivity index (χ0) is 13.0. The Labute approximate surface area is 109 Å². The van der Waals surface area contributed by atoms with E-state index in [9.17, 15) is 4.79 Å². The molecule has 0 amide bonds. The lowest BCUT2D eigenvalue weighted by atomic mass is 10.1. The second kappa shape index (κ2) is 6.01. The molecule has 0 aliphatic carbocycles. The van der Waals surface area contributed by atoms with Crippen LogP contribution < -0.4 is 4.74 Å². The number of carbonyl (C=O) groups excluding carboxylic acids is 1. The smallest absolute Gasteiger partial charge is 0.176 e. The van der Waals surface area contributed by atoms with E-state index in [0.717, 1.165) is 24.3 Å². The van der Waals surface area contributed by atoms with Crippen molar-refractivity contribution >= 4 is 5.78 Å². The summed E-state index contributed by atoms with van der Waals surface area (Å²) in [6.07, 6.45) is 3.58. The summed E-state index contributed by atoms with van der Waals surface area (Å²) in [4.78, 5) is 14.5. The molecule has 1 aliphatic heterocycles. The summed E-state index contributed by atoms with van der Waals surface area (Å²) in [5.41, 5.74) is 0.776. The maximum absolute atomic E-state index is 12.2. The van der Waals surface area contributed by atoms with Gasteiger partial charge in [-0.2, -0.15) is 0 Å². The van der Waals surface area contributed by atoms with Gasteiger partial charge in [0.1, 0.15) is 5.75 Å². The molecule has 1 aromatic rings. The average Bonchev–Trinajstić information content (AvgIpc) is 2.86. The first-order chi connectivity index (χ1) is 8.74. The monoisotopic (exact) mass is 247 g/mol. The SMILES string of the molecule is CCC1CCCN1CC(=O)c1ccc(OC)cc1. The Balaban J connectivity index is 1.98. The summed E-state index contributed by atoms with van der Waals surface area (Å²) in [5, 5.41) is 0. The maximum atomic E-state index is 12.2. The number of methoxy groups -OCH3 is 1. The van der Waals surface area contributed by atoms with Gasteiger partial charge in [-0.05, 0) is 50.1 Å². The van der Waals surface area contributed by atoms with Crippen molar-refractivity contribution in [2.45, 2.75) is 32.2 Å². The van der Waals surface area contributed by atoms with Crippen LogP contribution in [0.1, 0.15) is 36.5 Å². The molecule has 1 unspecified atom stereocenters. The molecule has 2 rings (SSSR count). The zero-order valence-corrected chi connectivity index (χ0v) is 11.2. The minimum Gasteiger partial charge on any atom is -0.497 e. The highest BCUT2D eigenvalue weighted by Crippen LogP contribution is 2.20. The lowest BCUT2D eigenvalue weighted by Crippen LogP contribution is -2.33. The maximum Gasteiger partial charge on any atom is 0.176 e. The zero-order valence-electron chi connectivity index (χ0n) is 11.2. The van der Waals surface area contributed by atoms with E-state index in [4.69, 9.17) is 4.74 Å². The number of hydrogen-bond donors (Lipinski definition) is 0. The highest BCUT2D eigenvalue weighted by molar-refractivity contribution is 5.97. The highest BCUT2D eigenvalue weighted by Gasteiger charge is 2.24. The van der Waals surface area contributed by atoms with E-state index in [1.165, 1.54) is 12.8 Å². The lowest BCUT2D eigenvalue weighted by molar-refractivity contribution is 0.0920. The topological polar surface area (TPSA) is 29.5 Å². The number of ether oxygens (including phenoxy) is 1. The Bertz CT molecular complexity index is 399. The molecule has 1 aliphatic rings. The Kier molecular flexibility index (Phi) is 4.37. The van der Waals surface area contributed by atoms with E-state index in [-0.39, 0.29) is 5.78 Å². The Morgan fingerprint density at radius 1 is 1.39 bits per heavy atom. The van der Waals surface area contributed by atoms with Crippen molar-refractivity contribution in [3.8, 4) is 5.75 Å². The molecule has 1 fully saturated rings. The number of nitrogens with zero attached hydrogens (tertiary/aromatic N) is 1. The van der Waals surface area contributed by atoms with Crippen molar-refractivity contribution in [1.82, 2.24) is 4.90 Å². The molecule has 3 nitrogen and oxygen atoms in total. The van der Waals surface area contributed by atoms with Gasteiger partial charge in [0.2, 0.25) is 0 Å². The van der Waals surface area contributed by atoms with E-state index in [1.54, 1.807) is 7.11 Å². The standard InChI is InChI=1S/C15H21NO2/c1-3-13-5-4-10-16(13)11-15(17)12-6-8-14(18-2)9-7-12/h6-9,13H,3-5,10-11H2,1-2H3. The van der Waals surface area contributed by atoms with Gasteiger partial charge in [0.15, 0.2) is 5.78 Å². The summed E-state index contributed by atoms with van der Waals surface area (Å²) in [6.45, 7) is 3.80. The van der Waals surface area contributed by atoms with Crippen LogP contribution in [0.25, 0.3) is 0 Å². The normalized spacial score (nSPS) is 20.0. The minimum atomic E-state index is 0.206. The first kappa shape index (κ1) is 13.1. The average molecular weight is 247 g/mol. The number of Topliss-reactive ketones (excluding diaryl/α,β-unsaturated/α-hetero) is 1. The third-order valence-electron chi connectivity index (χ3n) is 3.73. The van der Waals surface area contributed by atoms with Crippen molar-refractivity contribution in [2.75, 3.05) is 20.2 Å². The van der Waals surface area contributed by atoms with Crippen LogP contribution in [-0.4, -0.2) is 36.9 Å². The van der Waals surface area contributed by atoms with Crippen LogP contribution in [0.4, 0.5) is 0 Å². The molecule has 0 N–H and O–H groups in total. The Morgan fingerprint density at radius 2 is 2.11 bits per heavy atom. The molecular weight excluding hydrogens is 226 g/mol. The largest absolute Gasteiger partial charge is 0.497 e. The quantitative estimate of drug-likeness (QED) is 0.749. The summed E-state index contributed by atoms with van der Waals surface area (Å²) in [6, 6.07) is 7.96. The van der Waals surface area contributed by atoms with Crippen LogP contribution >= 0.6 is 0 Å². The predicted octanol–water partition coefficient (Wildman–Crippen LogP) is 2.75. The highest BCUT2D eigenvalue weighted by atomic mass is 16.5. The van der Waals surface area contributed by atoms with Gasteiger partial charge < -0.3 is 4.74 Å². The lowest BCUT2D eigenvalue weighted by Gasteiger charge is -2.22. The minimum absolute atomic E-state index is 0.206. The molecule has 1 saturated heterocycles. The van der Waals surface area contributed by atoms with Crippen molar-refractivity contribution in [1.29, 1.82) is 0 Å². The number of ketones is 1. The van der Waals surface area contributed by atoms with Gasteiger partial charge in [-0.15, -0.1) is 0 Å². The summed E-state index contributed by atoms with van der Waals surface area (Å²) >= 11 is 0. The van der Waals surface area contributed by atoms with Crippen LogP contribution in [0.2, 0.25) is 0 Å². The molecule has 0 bridgehead atoms. The predicted molar refractivity (Wildman–Crippen MR) is 72.2 cm³/mol. The van der Waals surface area contributed by atoms with E-state index < -0.39 is 0 Å². The molecule has 98 valence electrons. The van der Waals surface area contributed by atoms with Gasteiger partial charge in [-0.3, -0.25) is 9.69 Å². The van der Waals surface area contributed by atoms with Gasteiger partial charge in [0.05, 0.1) is 13.7 Å². The molecule has 18 heavy (non-hydrogen) atoms. The van der Waals surface area contributed by atoms with Crippen LogP contribution in [0.3, 0.4) is 0 Å². The van der Waals surface area contributed by atoms with Crippen LogP contribution in [-0.2, 0) is 0 Å². The number of benzene rings is 1. The van der Waals surface area contributed by atoms with Gasteiger partial charge in [-0.25, -0.2) is 0 Å². The van der Waals surface area contributed by atoms with Crippen molar-refractivity contribution in [3.05, 3.63) is 29.8 Å². The molecule has 0 radical (unpaired) electrons. The number of rotatable bonds is 5. The third-order valence-corrected chi connectivity index (χ3v) is 3.73. The summed E-state index contributed by atoms with van der Waals surface area (Å²) in [7, 11) is 1.63. The molecule has 0 spiro atoms. The number of hydrogen-bond acceptors (Lipinski definition) is 3. The van der Waals surface area contributed by atoms with Crippen LogP contribution in [0.5, 0.6) is 5.75 Å². The second-order valence-corrected chi connectivity index (χ2v) is 4.83. The third kappa shape index (κ3) is 2.91. The fraction of sp³-hybridized carbons (Fsp3) is 0.533. The van der Waals surface area contributed by atoms with Crippen LogP contribution in [0.15, 0.2) is 24.3 Å². The van der Waals surface area contributed by atoms with Gasteiger partial charge >= 0.3 is 0 Å². The molecular formula is C15H21NO2. The van der Waals surface area contributed by atoms with Gasteiger partial charge in [0.25, 0.3) is 0 Å². The van der Waals surface area contributed by atoms with Crippen molar-refractivity contribution in [3.63, 3.8) is 0 Å². The van der Waals surface area contributed by atoms with E-state index in [0.29, 0.717) is 12.6 Å². The Morgan fingerprint density at radius 3 is 2.72 bits per heavy atom. The van der Waals surface area contributed by atoms with Crippen molar-refractivity contribution in [2.24, 2.45) is 0 Å². The molecule has 0 aromatic heterocycles. The molecule has 3 heteroatoms. The van der Waals surface area contributed by atoms with Gasteiger partial charge in [-0.1, -0.05) is 6.92 Å². The van der Waals surface area contributed by atoms with E-state index >= 15 is 0 Å². The second-order valence-electron chi connectivity index (χ2n) is 4.83. The fourth-order valence-electron chi connectivity index (χ4n) is 2.62. The summed E-state index contributed by atoms with van der Waals surface area (Å²) < 4.78 is 5.10. The summed E-state index contributed by atoms with van der Waals surface area (Å²) in [5.74, 6) is 0.997. The van der Waals surface area contributed by atoms with E-state index in [2.05, 4.69) is 11.8 Å². The van der Waals surface area contributed by atoms with Crippen LogP contribution in [0, 0.1) is 0 Å². The first-order valence-corrected chi connectivity index (χ1v) is 6.66. The molecule has 1 atom stereocenters. The molecule has 1 aromatic carbocycles. The fourth-order valence-corrected chi connectivity index (χ4v) is 2.62. The van der Waals surface area contributed by atoms with Gasteiger partial charge in [0, 0.05) is 11.6 Å². The van der Waals surface area contributed by atoms with Crippen molar-refractivity contribution < 1.29 is 9.53 Å².